The lowest BCUT2D eigenvalue weighted by Crippen LogP contribution is -2.28. The molecule has 1 unspecified atom stereocenters. The summed E-state index contributed by atoms with van der Waals surface area (Å²) < 4.78 is 51.5. The summed E-state index contributed by atoms with van der Waals surface area (Å²) in [7, 11) is 0. The van der Waals surface area contributed by atoms with Gasteiger partial charge in [0.25, 0.3) is 0 Å². The Balaban J connectivity index is 1.46. The fraction of sp³-hybridized carbons (Fsp3) is 0.188. The molecule has 0 aliphatic carbocycles. The maximum absolute atomic E-state index is 15.5. The lowest BCUT2D eigenvalue weighted by atomic mass is 9.90. The number of nitrogens with zero attached hydrogens (tertiary/aromatic N) is 2. The van der Waals surface area contributed by atoms with E-state index in [4.69, 9.17) is 16.3 Å². The minimum atomic E-state index is -0.670. The van der Waals surface area contributed by atoms with Gasteiger partial charge in [-0.15, -0.1) is 0 Å². The average molecular weight is 587 g/mol. The zero-order valence-corrected chi connectivity index (χ0v) is 23.0. The fourth-order valence-corrected chi connectivity index (χ4v) is 5.50. The Labute approximate surface area is 245 Å². The Hall–Kier alpha value is -5.03. The third-order valence-electron chi connectivity index (χ3n) is 7.64. The molecule has 43 heavy (non-hydrogen) atoms. The first-order chi connectivity index (χ1) is 20.8. The molecule has 11 heteroatoms. The Morgan fingerprint density at radius 3 is 2.67 bits per heavy atom. The number of halogens is 3. The number of nitrogens with one attached hydrogen (secondary N) is 2. The summed E-state index contributed by atoms with van der Waals surface area (Å²) in [5.74, 6) is 4.12. The predicted molar refractivity (Wildman–Crippen MR) is 156 cm³/mol. The number of imidazole rings is 1. The summed E-state index contributed by atoms with van der Waals surface area (Å²) in [6.07, 6.45) is 6.25. The van der Waals surface area contributed by atoms with Gasteiger partial charge in [-0.25, -0.2) is 24.0 Å². The van der Waals surface area contributed by atoms with Crippen LogP contribution in [0.1, 0.15) is 48.4 Å². The number of hydrazine groups is 1. The van der Waals surface area contributed by atoms with Gasteiger partial charge in [-0.05, 0) is 48.7 Å². The first-order valence-electron chi connectivity index (χ1n) is 13.9. The van der Waals surface area contributed by atoms with Crippen LogP contribution in [0.3, 0.4) is 0 Å². The number of nitrogens with two attached hydrogens (primary N) is 2. The summed E-state index contributed by atoms with van der Waals surface area (Å²) in [6, 6.07) is 13.5. The molecule has 0 amide bonds. The van der Waals surface area contributed by atoms with Crippen LogP contribution in [-0.4, -0.2) is 25.7 Å². The van der Waals surface area contributed by atoms with Gasteiger partial charge in [0.2, 0.25) is 0 Å². The van der Waals surface area contributed by atoms with E-state index in [0.717, 1.165) is 0 Å². The number of fused-ring (bicyclic) bond motifs is 8. The third-order valence-corrected chi connectivity index (χ3v) is 7.64. The van der Waals surface area contributed by atoms with E-state index in [1.54, 1.807) is 36.7 Å². The first kappa shape index (κ1) is 28.1. The van der Waals surface area contributed by atoms with Crippen LogP contribution in [0.25, 0.3) is 22.3 Å². The van der Waals surface area contributed by atoms with Crippen molar-refractivity contribution in [1.29, 1.82) is 0 Å². The first-order valence-corrected chi connectivity index (χ1v) is 13.9. The Morgan fingerprint density at radius 1 is 1.00 bits per heavy atom. The topological polar surface area (TPSA) is 126 Å². The van der Waals surface area contributed by atoms with Crippen molar-refractivity contribution in [3.63, 3.8) is 0 Å². The van der Waals surface area contributed by atoms with Gasteiger partial charge in [-0.3, -0.25) is 4.79 Å². The lowest BCUT2D eigenvalue weighted by molar-refractivity contribution is -0.115. The molecule has 6 rings (SSSR count). The summed E-state index contributed by atoms with van der Waals surface area (Å²) >= 11 is 0. The van der Waals surface area contributed by atoms with Crippen LogP contribution < -0.4 is 16.3 Å². The van der Waals surface area contributed by atoms with E-state index in [-0.39, 0.29) is 53.1 Å². The zero-order chi connectivity index (χ0) is 30.1. The lowest BCUT2D eigenvalue weighted by Gasteiger charge is -2.19. The second-order valence-corrected chi connectivity index (χ2v) is 10.5. The van der Waals surface area contributed by atoms with Gasteiger partial charge in [-0.1, -0.05) is 24.6 Å². The van der Waals surface area contributed by atoms with Crippen molar-refractivity contribution in [2.24, 2.45) is 11.6 Å². The van der Waals surface area contributed by atoms with E-state index in [0.29, 0.717) is 47.0 Å². The molecule has 3 heterocycles. The van der Waals surface area contributed by atoms with Crippen molar-refractivity contribution < 1.29 is 22.7 Å². The summed E-state index contributed by atoms with van der Waals surface area (Å²) in [6.45, 7) is -0.0463. The van der Waals surface area contributed by atoms with E-state index in [1.807, 2.05) is 0 Å². The van der Waals surface area contributed by atoms with E-state index in [1.165, 1.54) is 41.5 Å². The normalized spacial score (nSPS) is 17.8. The molecule has 1 atom stereocenters. The molecule has 0 fully saturated rings. The Kier molecular flexibility index (Phi) is 7.64. The van der Waals surface area contributed by atoms with E-state index in [9.17, 15) is 9.18 Å². The number of allylic oxidation sites excluding steroid dienone is 1. The van der Waals surface area contributed by atoms with E-state index < -0.39 is 17.6 Å². The van der Waals surface area contributed by atoms with Crippen LogP contribution in [0.5, 0.6) is 11.5 Å². The number of H-pyrrole nitrogens is 2. The van der Waals surface area contributed by atoms with Crippen molar-refractivity contribution in [3.8, 4) is 22.9 Å². The van der Waals surface area contributed by atoms with E-state index >= 15 is 8.78 Å². The number of ketones is 1. The molecule has 5 aromatic rings. The SMILES string of the molecule is N/C1=C\N(N)Cc2c(c(F)cc3[nH]ccc23)Oc2ccc(F)c(c2)-c2ncc([nH]2)C(c2ccccc2F)CCCCC1=O. The largest absolute Gasteiger partial charge is 0.454 e. The molecular formula is C32H29F3N6O2. The molecule has 0 saturated heterocycles. The Morgan fingerprint density at radius 2 is 1.84 bits per heavy atom. The molecule has 0 saturated carbocycles. The Bertz CT molecular complexity index is 1850. The molecule has 6 N–H and O–H groups in total. The third kappa shape index (κ3) is 5.71. The van der Waals surface area contributed by atoms with Crippen LogP contribution >= 0.6 is 0 Å². The number of ether oxygens (including phenoxy) is 1. The standard InChI is InChI=1S/C32H29F3N6O2/c33-24-7-3-1-5-19(24)20-6-2-4-8-30(42)27(36)17-41(37)16-23-21-11-12-38-28(21)14-26(35)31(23)43-18-9-10-25(34)22(13-18)32-39-15-29(20)40-32/h1,3,5,7,9-15,17,20,38H,2,4,6,8,16,36-37H2,(H,39,40)/b27-17-. The fourth-order valence-electron chi connectivity index (χ4n) is 5.50. The highest BCUT2D eigenvalue weighted by Gasteiger charge is 2.23. The van der Waals surface area contributed by atoms with Crippen molar-refractivity contribution in [3.05, 3.63) is 113 Å². The molecule has 0 radical (unpaired) electrons. The monoisotopic (exact) mass is 586 g/mol. The number of carbonyl (C=O) groups excluding carboxylic acids is 1. The van der Waals surface area contributed by atoms with Crippen LogP contribution in [-0.2, 0) is 11.3 Å². The van der Waals surface area contributed by atoms with Gasteiger partial charge < -0.3 is 25.4 Å². The molecule has 220 valence electrons. The molecule has 2 aromatic heterocycles. The minimum absolute atomic E-state index is 0.0448. The highest BCUT2D eigenvalue weighted by atomic mass is 19.1. The summed E-state index contributed by atoms with van der Waals surface area (Å²) in [5, 5.41) is 1.84. The second-order valence-electron chi connectivity index (χ2n) is 10.5. The van der Waals surface area contributed by atoms with Gasteiger partial charge >= 0.3 is 0 Å². The van der Waals surface area contributed by atoms with Crippen LogP contribution in [0.4, 0.5) is 13.2 Å². The molecule has 8 nitrogen and oxygen atoms in total. The summed E-state index contributed by atoms with van der Waals surface area (Å²) in [5.41, 5.74) is 8.09. The van der Waals surface area contributed by atoms with Crippen molar-refractivity contribution in [1.82, 2.24) is 20.0 Å². The van der Waals surface area contributed by atoms with Crippen LogP contribution in [0, 0.1) is 17.5 Å². The number of hydrogen-bond acceptors (Lipinski definition) is 6. The predicted octanol–water partition coefficient (Wildman–Crippen LogP) is 6.52. The number of aromatic nitrogens is 3. The number of carbonyl (C=O) groups is 1. The van der Waals surface area contributed by atoms with Gasteiger partial charge in [0, 0.05) is 59.2 Å². The highest BCUT2D eigenvalue weighted by molar-refractivity contribution is 5.94. The van der Waals surface area contributed by atoms with Gasteiger partial charge in [0.15, 0.2) is 17.3 Å². The van der Waals surface area contributed by atoms with Crippen molar-refractivity contribution >= 4 is 16.7 Å². The molecule has 1 aliphatic rings. The molecular weight excluding hydrogens is 557 g/mol. The highest BCUT2D eigenvalue weighted by Crippen LogP contribution is 2.37. The van der Waals surface area contributed by atoms with Crippen molar-refractivity contribution in [2.75, 3.05) is 0 Å². The number of hydrogen-bond donors (Lipinski definition) is 4. The average Bonchev–Trinajstić information content (AvgIpc) is 3.66. The molecule has 4 bridgehead atoms. The van der Waals surface area contributed by atoms with Crippen LogP contribution in [0.15, 0.2) is 78.9 Å². The van der Waals surface area contributed by atoms with Gasteiger partial charge in [0.1, 0.15) is 23.2 Å². The quantitative estimate of drug-likeness (QED) is 0.166. The zero-order valence-electron chi connectivity index (χ0n) is 23.0. The summed E-state index contributed by atoms with van der Waals surface area (Å²) in [4.78, 5) is 23.4. The second kappa shape index (κ2) is 11.7. The number of rotatable bonds is 1. The molecule has 0 spiro atoms. The number of Topliss-reactive ketones (excluding diaryl/α,β-unsaturated/α-hetero) is 1. The van der Waals surface area contributed by atoms with Crippen LogP contribution in [0.2, 0.25) is 0 Å². The number of aromatic amines is 2. The molecule has 1 aliphatic heterocycles. The molecule has 3 aromatic carbocycles. The van der Waals surface area contributed by atoms with Gasteiger partial charge in [-0.2, -0.15) is 0 Å². The van der Waals surface area contributed by atoms with E-state index in [2.05, 4.69) is 15.0 Å². The van der Waals surface area contributed by atoms with Crippen molar-refractivity contribution in [2.45, 2.75) is 38.1 Å². The number of benzene rings is 3. The maximum atomic E-state index is 15.5. The minimum Gasteiger partial charge on any atom is -0.454 e. The smallest absolute Gasteiger partial charge is 0.180 e. The maximum Gasteiger partial charge on any atom is 0.180 e. The van der Waals surface area contributed by atoms with Gasteiger partial charge in [0.05, 0.1) is 17.8 Å².